The summed E-state index contributed by atoms with van der Waals surface area (Å²) in [4.78, 5) is 14.9. The Morgan fingerprint density at radius 1 is 0.781 bits per heavy atom. The summed E-state index contributed by atoms with van der Waals surface area (Å²) in [5, 5.41) is 6.85. The van der Waals surface area contributed by atoms with Crippen molar-refractivity contribution in [3.8, 4) is 0 Å². The number of thiophene rings is 2. The second kappa shape index (κ2) is 9.44. The molecule has 0 amide bonds. The SMILES string of the molecule is CC(C)(C1=C[Si](C)(C)C(Cc2sccc2[S-])=N1)C1=C[Si](C)(C)C(Cc2sccc2[S-])=N1.[Pt+2]. The van der Waals surface area contributed by atoms with Gasteiger partial charge < -0.3 is 25.3 Å². The Balaban J connectivity index is 0.00000289. The van der Waals surface area contributed by atoms with Gasteiger partial charge in [0.05, 0.1) is 0 Å². The molecule has 2 aromatic rings. The van der Waals surface area contributed by atoms with E-state index in [2.05, 4.69) is 62.2 Å². The third-order valence-electron chi connectivity index (χ3n) is 6.34. The molecule has 4 heterocycles. The van der Waals surface area contributed by atoms with Gasteiger partial charge in [0.2, 0.25) is 0 Å². The molecule has 32 heavy (non-hydrogen) atoms. The molecule has 0 fully saturated rings. The van der Waals surface area contributed by atoms with E-state index in [4.69, 9.17) is 35.2 Å². The molecule has 0 saturated carbocycles. The Kier molecular flexibility index (Phi) is 7.78. The van der Waals surface area contributed by atoms with Crippen molar-refractivity contribution in [2.45, 2.75) is 62.7 Å². The summed E-state index contributed by atoms with van der Waals surface area (Å²) in [6.45, 7) is 14.1. The van der Waals surface area contributed by atoms with Crippen LogP contribution in [0.5, 0.6) is 0 Å². The number of aliphatic imine (C=N–C) groups is 2. The summed E-state index contributed by atoms with van der Waals surface area (Å²) in [5.41, 5.74) is 7.12. The third kappa shape index (κ3) is 5.07. The van der Waals surface area contributed by atoms with Crippen LogP contribution in [0.2, 0.25) is 26.2 Å². The third-order valence-corrected chi connectivity index (χ3v) is 14.7. The second-order valence-corrected chi connectivity index (χ2v) is 21.5. The van der Waals surface area contributed by atoms with Gasteiger partial charge in [-0.15, -0.1) is 0 Å². The van der Waals surface area contributed by atoms with E-state index in [1.54, 1.807) is 22.7 Å². The first-order valence-corrected chi connectivity index (χ1v) is 19.2. The van der Waals surface area contributed by atoms with Crippen molar-refractivity contribution >= 4 is 74.7 Å². The molecule has 0 radical (unpaired) electrons. The van der Waals surface area contributed by atoms with E-state index < -0.39 is 16.1 Å². The van der Waals surface area contributed by atoms with Crippen LogP contribution >= 0.6 is 22.7 Å². The summed E-state index contributed by atoms with van der Waals surface area (Å²) < 4.78 is 0. The molecule has 0 spiro atoms. The molecule has 2 aliphatic heterocycles. The predicted octanol–water partition coefficient (Wildman–Crippen LogP) is 6.68. The molecule has 0 saturated heterocycles. The zero-order valence-electron chi connectivity index (χ0n) is 19.2. The Hall–Kier alpha value is -0.218. The van der Waals surface area contributed by atoms with Crippen molar-refractivity contribution in [2.24, 2.45) is 15.4 Å². The van der Waals surface area contributed by atoms with Crippen LogP contribution in [-0.4, -0.2) is 26.8 Å². The van der Waals surface area contributed by atoms with Crippen LogP contribution in [0.3, 0.4) is 0 Å². The van der Waals surface area contributed by atoms with Gasteiger partial charge >= 0.3 is 21.1 Å². The molecular weight excluding hydrogens is 684 g/mol. The van der Waals surface area contributed by atoms with Gasteiger partial charge in [-0.05, 0) is 34.4 Å². The van der Waals surface area contributed by atoms with Crippen molar-refractivity contribution in [3.63, 3.8) is 0 Å². The minimum atomic E-state index is -1.71. The summed E-state index contributed by atoms with van der Waals surface area (Å²) in [5.74, 6) is 0. The number of rotatable bonds is 6. The van der Waals surface area contributed by atoms with E-state index in [1.807, 2.05) is 12.1 Å². The van der Waals surface area contributed by atoms with Crippen LogP contribution in [0.25, 0.3) is 0 Å². The van der Waals surface area contributed by atoms with E-state index in [0.717, 1.165) is 22.6 Å². The van der Waals surface area contributed by atoms with Crippen molar-refractivity contribution in [1.29, 1.82) is 0 Å². The monoisotopic (exact) mass is 711 g/mol. The zero-order chi connectivity index (χ0) is 22.6. The van der Waals surface area contributed by atoms with E-state index >= 15 is 0 Å². The van der Waals surface area contributed by atoms with Gasteiger partial charge in [-0.3, -0.25) is 9.98 Å². The van der Waals surface area contributed by atoms with Gasteiger partial charge in [0.1, 0.15) is 16.1 Å². The molecule has 0 aliphatic carbocycles. The largest absolute Gasteiger partial charge is 2.00 e. The molecular formula is C23H28N2PtS4Si2. The van der Waals surface area contributed by atoms with E-state index in [0.29, 0.717) is 0 Å². The van der Waals surface area contributed by atoms with Gasteiger partial charge in [0.15, 0.2) is 0 Å². The maximum Gasteiger partial charge on any atom is 2.00 e. The second-order valence-electron chi connectivity index (χ2n) is 10.0. The summed E-state index contributed by atoms with van der Waals surface area (Å²) in [7, 11) is -3.43. The molecule has 0 unspecified atom stereocenters. The van der Waals surface area contributed by atoms with E-state index in [-0.39, 0.29) is 26.5 Å². The topological polar surface area (TPSA) is 24.7 Å². The Bertz CT molecular complexity index is 1060. The van der Waals surface area contributed by atoms with Crippen LogP contribution in [0.4, 0.5) is 0 Å². The molecule has 2 aliphatic rings. The molecule has 9 heteroatoms. The Morgan fingerprint density at radius 3 is 1.47 bits per heavy atom. The van der Waals surface area contributed by atoms with Gasteiger partial charge in [-0.1, -0.05) is 49.7 Å². The van der Waals surface area contributed by atoms with Crippen LogP contribution in [0, 0.1) is 5.41 Å². The van der Waals surface area contributed by atoms with Crippen LogP contribution in [-0.2, 0) is 59.2 Å². The average Bonchev–Trinajstić information content (AvgIpc) is 3.40. The molecule has 2 aromatic heterocycles. The maximum absolute atomic E-state index is 5.50. The fourth-order valence-corrected chi connectivity index (χ4v) is 11.2. The van der Waals surface area contributed by atoms with Crippen molar-refractivity contribution in [2.75, 3.05) is 0 Å². The molecule has 2 nitrogen and oxygen atoms in total. The quantitative estimate of drug-likeness (QED) is 0.247. The van der Waals surface area contributed by atoms with Crippen molar-refractivity contribution in [3.05, 3.63) is 55.4 Å². The minimum Gasteiger partial charge on any atom is -0.779 e. The van der Waals surface area contributed by atoms with E-state index in [9.17, 15) is 0 Å². The smallest absolute Gasteiger partial charge is 0.779 e. The summed E-state index contributed by atoms with van der Waals surface area (Å²) >= 11 is 14.5. The Labute approximate surface area is 227 Å². The van der Waals surface area contributed by atoms with Crippen molar-refractivity contribution in [1.82, 2.24) is 0 Å². The molecule has 172 valence electrons. The molecule has 0 N–H and O–H groups in total. The maximum atomic E-state index is 5.50. The number of hydrogen-bond donors (Lipinski definition) is 0. The van der Waals surface area contributed by atoms with Gasteiger partial charge in [0.25, 0.3) is 0 Å². The first kappa shape index (κ1) is 26.4. The average molecular weight is 712 g/mol. The van der Waals surface area contributed by atoms with Crippen molar-refractivity contribution < 1.29 is 21.1 Å². The number of hydrogen-bond acceptors (Lipinski definition) is 6. The normalized spacial score (nSPS) is 19.2. The fourth-order valence-electron chi connectivity index (χ4n) is 4.02. The number of nitrogens with zero attached hydrogens (tertiary/aromatic N) is 2. The van der Waals surface area contributed by atoms with Crippen LogP contribution in [0.1, 0.15) is 23.6 Å². The van der Waals surface area contributed by atoms with E-state index in [1.165, 1.54) is 31.8 Å². The zero-order valence-corrected chi connectivity index (χ0v) is 26.8. The first-order valence-electron chi connectivity index (χ1n) is 10.5. The fraction of sp³-hybridized carbons (Fsp3) is 0.391. The van der Waals surface area contributed by atoms with Gasteiger partial charge in [-0.25, -0.2) is 0 Å². The summed E-state index contributed by atoms with van der Waals surface area (Å²) in [6, 6.07) is 4.07. The van der Waals surface area contributed by atoms with Crippen LogP contribution in [0.15, 0.2) is 65.5 Å². The summed E-state index contributed by atoms with van der Waals surface area (Å²) in [6.07, 6.45) is 1.78. The first-order chi connectivity index (χ1) is 14.4. The minimum absolute atomic E-state index is 0. The van der Waals surface area contributed by atoms with Crippen LogP contribution < -0.4 is 0 Å². The standard InChI is InChI=1S/C23H30N2S4Si2.Pt/c1-23(2,19-13-30(3,4)21(24-19)11-17-15(26)7-9-28-17)20-14-31(5,6)22(25-20)12-18-16(27)8-10-29-18;/h7-10,13-14,26-27H,11-12H2,1-6H3;/q;+2/p-2. The van der Waals surface area contributed by atoms with Gasteiger partial charge in [0, 0.05) is 40.3 Å². The molecule has 0 atom stereocenters. The Morgan fingerprint density at radius 2 is 1.16 bits per heavy atom. The molecule has 0 aromatic carbocycles. The molecule has 4 rings (SSSR count). The van der Waals surface area contributed by atoms with Gasteiger partial charge in [-0.2, -0.15) is 32.5 Å². The predicted molar refractivity (Wildman–Crippen MR) is 147 cm³/mol. The molecule has 0 bridgehead atoms.